The first kappa shape index (κ1) is 18.0. The van der Waals surface area contributed by atoms with E-state index in [1.807, 2.05) is 45.1 Å². The largest absolute Gasteiger partial charge is 0.342 e. The normalized spacial score (nSPS) is 11.2. The second-order valence-corrected chi connectivity index (χ2v) is 7.34. The third kappa shape index (κ3) is 4.05. The molecule has 4 nitrogen and oxygen atoms in total. The van der Waals surface area contributed by atoms with Gasteiger partial charge in [0, 0.05) is 40.9 Å². The summed E-state index contributed by atoms with van der Waals surface area (Å²) in [5.74, 6) is 0.185. The summed E-state index contributed by atoms with van der Waals surface area (Å²) in [6, 6.07) is 7.65. The van der Waals surface area contributed by atoms with Crippen LogP contribution in [-0.2, 0) is 11.2 Å². The molecule has 0 aliphatic heterocycles. The van der Waals surface area contributed by atoms with Crippen molar-refractivity contribution >= 4 is 33.8 Å². The Morgan fingerprint density at radius 2 is 1.88 bits per heavy atom. The number of halogens is 1. The minimum absolute atomic E-state index is 0.185. The van der Waals surface area contributed by atoms with Crippen LogP contribution in [-0.4, -0.2) is 33.3 Å². The molecule has 6 heteroatoms. The van der Waals surface area contributed by atoms with Gasteiger partial charge >= 0.3 is 0 Å². The summed E-state index contributed by atoms with van der Waals surface area (Å²) in [4.78, 5) is 20.2. The number of rotatable bonds is 7. The van der Waals surface area contributed by atoms with Crippen LogP contribution in [0.5, 0.6) is 0 Å². The van der Waals surface area contributed by atoms with Crippen LogP contribution in [0.15, 0.2) is 35.8 Å². The zero-order valence-corrected chi connectivity index (χ0v) is 16.1. The van der Waals surface area contributed by atoms with Crippen molar-refractivity contribution in [2.75, 3.05) is 13.1 Å². The Kier molecular flexibility index (Phi) is 5.76. The van der Waals surface area contributed by atoms with Gasteiger partial charge in [-0.15, -0.1) is 11.3 Å². The summed E-state index contributed by atoms with van der Waals surface area (Å²) < 4.78 is 2.03. The molecule has 0 fully saturated rings. The third-order valence-electron chi connectivity index (χ3n) is 4.10. The van der Waals surface area contributed by atoms with E-state index in [1.165, 1.54) is 0 Å². The van der Waals surface area contributed by atoms with E-state index < -0.39 is 0 Å². The summed E-state index contributed by atoms with van der Waals surface area (Å²) in [5.41, 5.74) is 2.92. The van der Waals surface area contributed by atoms with Crippen molar-refractivity contribution in [3.05, 3.63) is 46.6 Å². The fourth-order valence-electron chi connectivity index (χ4n) is 2.88. The SMILES string of the molecule is CCCN(CCC)C(=O)Cc1csc2nc(-c3ccc(Cl)cc3)cn12. The lowest BCUT2D eigenvalue weighted by Crippen LogP contribution is -2.33. The van der Waals surface area contributed by atoms with E-state index in [0.29, 0.717) is 11.4 Å². The van der Waals surface area contributed by atoms with Crippen LogP contribution < -0.4 is 0 Å². The highest BCUT2D eigenvalue weighted by Gasteiger charge is 2.16. The molecule has 0 bridgehead atoms. The standard InChI is InChI=1S/C19H22ClN3OS/c1-3-9-22(10-4-2)18(24)11-16-13-25-19-21-17(12-23(16)19)14-5-7-15(20)8-6-14/h5-8,12-13H,3-4,9-11H2,1-2H3. The van der Waals surface area contributed by atoms with Crippen LogP contribution in [0.4, 0.5) is 0 Å². The number of carbonyl (C=O) groups is 1. The quantitative estimate of drug-likeness (QED) is 0.588. The maximum atomic E-state index is 12.6. The second-order valence-electron chi connectivity index (χ2n) is 6.07. The van der Waals surface area contributed by atoms with Crippen molar-refractivity contribution in [2.24, 2.45) is 0 Å². The molecule has 3 rings (SSSR count). The Morgan fingerprint density at radius 1 is 1.20 bits per heavy atom. The molecular formula is C19H22ClN3OS. The van der Waals surface area contributed by atoms with Gasteiger partial charge in [-0.2, -0.15) is 0 Å². The van der Waals surface area contributed by atoms with Gasteiger partial charge in [0.1, 0.15) is 0 Å². The maximum absolute atomic E-state index is 12.6. The van der Waals surface area contributed by atoms with Gasteiger partial charge in [-0.25, -0.2) is 4.98 Å². The van der Waals surface area contributed by atoms with Crippen molar-refractivity contribution in [3.8, 4) is 11.3 Å². The van der Waals surface area contributed by atoms with E-state index in [1.54, 1.807) is 11.3 Å². The molecule has 0 unspecified atom stereocenters. The lowest BCUT2D eigenvalue weighted by atomic mass is 10.2. The molecule has 0 aliphatic carbocycles. The van der Waals surface area contributed by atoms with E-state index in [9.17, 15) is 4.79 Å². The average molecular weight is 376 g/mol. The first-order valence-electron chi connectivity index (χ1n) is 8.61. The molecule has 0 aliphatic rings. The van der Waals surface area contributed by atoms with Crippen LogP contribution >= 0.6 is 22.9 Å². The van der Waals surface area contributed by atoms with E-state index in [2.05, 4.69) is 18.8 Å². The van der Waals surface area contributed by atoms with E-state index in [4.69, 9.17) is 11.6 Å². The van der Waals surface area contributed by atoms with Gasteiger partial charge < -0.3 is 4.90 Å². The number of hydrogen-bond donors (Lipinski definition) is 0. The van der Waals surface area contributed by atoms with Crippen molar-refractivity contribution < 1.29 is 4.79 Å². The molecule has 132 valence electrons. The molecular weight excluding hydrogens is 354 g/mol. The zero-order valence-electron chi connectivity index (χ0n) is 14.5. The number of carbonyl (C=O) groups excluding carboxylic acids is 1. The van der Waals surface area contributed by atoms with Gasteiger partial charge in [-0.1, -0.05) is 37.6 Å². The summed E-state index contributed by atoms with van der Waals surface area (Å²) in [6.45, 7) is 5.85. The van der Waals surface area contributed by atoms with Crippen molar-refractivity contribution in [1.82, 2.24) is 14.3 Å². The molecule has 0 atom stereocenters. The predicted octanol–water partition coefficient (Wildman–Crippen LogP) is 4.91. The van der Waals surface area contributed by atoms with Gasteiger partial charge in [-0.05, 0) is 25.0 Å². The molecule has 3 aromatic rings. The number of amides is 1. The molecule has 1 aromatic carbocycles. The molecule has 0 saturated carbocycles. The van der Waals surface area contributed by atoms with Crippen molar-refractivity contribution in [2.45, 2.75) is 33.1 Å². The number of fused-ring (bicyclic) bond motifs is 1. The van der Waals surface area contributed by atoms with Crippen LogP contribution in [0.3, 0.4) is 0 Å². The van der Waals surface area contributed by atoms with Gasteiger partial charge in [0.15, 0.2) is 4.96 Å². The van der Waals surface area contributed by atoms with Crippen LogP contribution in [0.25, 0.3) is 16.2 Å². The molecule has 0 radical (unpaired) electrons. The highest BCUT2D eigenvalue weighted by Crippen LogP contribution is 2.25. The Labute approximate surface area is 157 Å². The number of benzene rings is 1. The third-order valence-corrected chi connectivity index (χ3v) is 5.24. The first-order chi connectivity index (χ1) is 12.1. The Bertz CT molecular complexity index is 847. The summed E-state index contributed by atoms with van der Waals surface area (Å²) in [6.07, 6.45) is 4.38. The molecule has 0 spiro atoms. The number of aromatic nitrogens is 2. The molecule has 25 heavy (non-hydrogen) atoms. The predicted molar refractivity (Wildman–Crippen MR) is 104 cm³/mol. The van der Waals surface area contributed by atoms with Gasteiger partial charge in [-0.3, -0.25) is 9.20 Å². The molecule has 2 heterocycles. The summed E-state index contributed by atoms with van der Waals surface area (Å²) in [5, 5.41) is 2.74. The highest BCUT2D eigenvalue weighted by atomic mass is 35.5. The number of imidazole rings is 1. The van der Waals surface area contributed by atoms with E-state index in [-0.39, 0.29) is 5.91 Å². The fourth-order valence-corrected chi connectivity index (χ4v) is 3.88. The van der Waals surface area contributed by atoms with Gasteiger partial charge in [0.2, 0.25) is 5.91 Å². The number of hydrogen-bond acceptors (Lipinski definition) is 3. The smallest absolute Gasteiger partial charge is 0.228 e. The first-order valence-corrected chi connectivity index (χ1v) is 9.87. The minimum Gasteiger partial charge on any atom is -0.342 e. The molecule has 0 N–H and O–H groups in total. The molecule has 0 saturated heterocycles. The Balaban J connectivity index is 1.83. The van der Waals surface area contributed by atoms with Crippen molar-refractivity contribution in [1.29, 1.82) is 0 Å². The Hall–Kier alpha value is -1.85. The molecule has 1 amide bonds. The van der Waals surface area contributed by atoms with Crippen LogP contribution in [0, 0.1) is 0 Å². The number of thiazole rings is 1. The van der Waals surface area contributed by atoms with Crippen LogP contribution in [0.1, 0.15) is 32.4 Å². The lowest BCUT2D eigenvalue weighted by molar-refractivity contribution is -0.130. The van der Waals surface area contributed by atoms with Gasteiger partial charge in [0.25, 0.3) is 0 Å². The fraction of sp³-hybridized carbons (Fsp3) is 0.368. The summed E-state index contributed by atoms with van der Waals surface area (Å²) in [7, 11) is 0. The minimum atomic E-state index is 0.185. The van der Waals surface area contributed by atoms with Crippen LogP contribution in [0.2, 0.25) is 5.02 Å². The van der Waals surface area contributed by atoms with E-state index >= 15 is 0 Å². The lowest BCUT2D eigenvalue weighted by Gasteiger charge is -2.21. The van der Waals surface area contributed by atoms with Gasteiger partial charge in [0.05, 0.1) is 12.1 Å². The average Bonchev–Trinajstić information content (AvgIpc) is 3.17. The number of nitrogens with zero attached hydrogens (tertiary/aromatic N) is 3. The Morgan fingerprint density at radius 3 is 2.52 bits per heavy atom. The monoisotopic (exact) mass is 375 g/mol. The second kappa shape index (κ2) is 8.02. The maximum Gasteiger partial charge on any atom is 0.228 e. The molecule has 2 aromatic heterocycles. The highest BCUT2D eigenvalue weighted by molar-refractivity contribution is 7.15. The zero-order chi connectivity index (χ0) is 17.8. The van der Waals surface area contributed by atoms with Crippen molar-refractivity contribution in [3.63, 3.8) is 0 Å². The topological polar surface area (TPSA) is 37.6 Å². The van der Waals surface area contributed by atoms with E-state index in [0.717, 1.165) is 47.8 Å². The summed E-state index contributed by atoms with van der Waals surface area (Å²) >= 11 is 7.52.